The van der Waals surface area contributed by atoms with Gasteiger partial charge in [-0.15, -0.1) is 0 Å². The molecule has 0 aliphatic heterocycles. The minimum Gasteiger partial charge on any atom is -0.550 e. The molecular weight excluding hydrogens is 226 g/mol. The second kappa shape index (κ2) is 9.79. The van der Waals surface area contributed by atoms with Crippen LogP contribution in [0.2, 0.25) is 0 Å². The summed E-state index contributed by atoms with van der Waals surface area (Å²) in [4.78, 5) is 30.0. The van der Waals surface area contributed by atoms with Crippen molar-refractivity contribution in [2.75, 3.05) is 0 Å². The average Bonchev–Trinajstić information content (AvgIpc) is 1.97. The molecule has 0 fully saturated rings. The molecule has 0 saturated carbocycles. The molecule has 0 radical (unpaired) electrons. The zero-order valence-electron chi connectivity index (χ0n) is 9.26. The van der Waals surface area contributed by atoms with Crippen molar-refractivity contribution >= 4 is 17.9 Å². The third-order valence-electron chi connectivity index (χ3n) is 1.31. The average molecular weight is 243 g/mol. The van der Waals surface area contributed by atoms with Crippen LogP contribution in [0, 0.1) is 5.92 Å². The van der Waals surface area contributed by atoms with E-state index in [0.29, 0.717) is 0 Å². The van der Waals surface area contributed by atoms with Crippen molar-refractivity contribution in [1.29, 1.82) is 0 Å². The maximum atomic E-state index is 10.1. The van der Waals surface area contributed by atoms with Crippen LogP contribution in [0.5, 0.6) is 0 Å². The molecular formula is C6H17N3O7. The predicted molar refractivity (Wildman–Crippen MR) is 47.1 cm³/mol. The number of quaternary nitrogens is 3. The molecule has 0 heterocycles. The van der Waals surface area contributed by atoms with E-state index in [-0.39, 0.29) is 18.5 Å². The Morgan fingerprint density at radius 1 is 0.938 bits per heavy atom. The molecule has 0 rings (SSSR count). The fraction of sp³-hybridized carbons (Fsp3) is 0.500. The summed E-state index contributed by atoms with van der Waals surface area (Å²) in [7, 11) is 0. The Hall–Kier alpha value is -1.75. The van der Waals surface area contributed by atoms with Gasteiger partial charge in [-0.3, -0.25) is 0 Å². The van der Waals surface area contributed by atoms with Gasteiger partial charge in [0, 0.05) is 17.9 Å². The molecule has 0 saturated heterocycles. The normalized spacial score (nSPS) is 11.8. The molecule has 0 aromatic rings. The lowest BCUT2D eigenvalue weighted by Crippen LogP contribution is -2.49. The van der Waals surface area contributed by atoms with Crippen molar-refractivity contribution < 1.29 is 34.8 Å². The second-order valence-corrected chi connectivity index (χ2v) is 2.27. The third-order valence-corrected chi connectivity index (χ3v) is 1.31. The van der Waals surface area contributed by atoms with E-state index in [1.807, 2.05) is 0 Å². The first kappa shape index (κ1) is 23.8. The molecule has 2 atom stereocenters. The highest BCUT2D eigenvalue weighted by atomic mass is 16.4. The summed E-state index contributed by atoms with van der Waals surface area (Å²) in [5.41, 5.74) is 0. The maximum absolute atomic E-state index is 10.1. The monoisotopic (exact) mass is 243 g/mol. The van der Waals surface area contributed by atoms with Crippen LogP contribution in [0.4, 0.5) is 0 Å². The summed E-state index contributed by atoms with van der Waals surface area (Å²) in [5.74, 6) is -7.92. The van der Waals surface area contributed by atoms with Gasteiger partial charge in [0.05, 0.1) is 5.97 Å². The van der Waals surface area contributed by atoms with Crippen LogP contribution in [-0.2, 0) is 14.4 Å². The first-order valence-electron chi connectivity index (χ1n) is 3.16. The van der Waals surface area contributed by atoms with E-state index in [1.165, 1.54) is 0 Å². The van der Waals surface area contributed by atoms with Gasteiger partial charge in [-0.25, -0.2) is 0 Å². The molecule has 0 bridgehead atoms. The number of hydrogen-bond acceptors (Lipinski definition) is 7. The minimum absolute atomic E-state index is 0. The van der Waals surface area contributed by atoms with Crippen LogP contribution < -0.4 is 33.8 Å². The van der Waals surface area contributed by atoms with Crippen LogP contribution in [0.25, 0.3) is 0 Å². The summed E-state index contributed by atoms with van der Waals surface area (Å²) in [6, 6.07) is 0. The number of carbonyl (C=O) groups excluding carboxylic acids is 3. The lowest BCUT2D eigenvalue weighted by molar-refractivity contribution is -0.334. The zero-order chi connectivity index (χ0) is 10.6. The van der Waals surface area contributed by atoms with Crippen LogP contribution in [0.1, 0.15) is 6.42 Å². The van der Waals surface area contributed by atoms with E-state index in [0.717, 1.165) is 0 Å². The minimum atomic E-state index is -2.41. The molecule has 0 amide bonds. The molecule has 0 aromatic carbocycles. The second-order valence-electron chi connectivity index (χ2n) is 2.27. The van der Waals surface area contributed by atoms with E-state index in [2.05, 4.69) is 0 Å². The summed E-state index contributed by atoms with van der Waals surface area (Å²) >= 11 is 0. The van der Waals surface area contributed by atoms with Crippen LogP contribution in [0.3, 0.4) is 0 Å². The van der Waals surface area contributed by atoms with Gasteiger partial charge in [-0.1, -0.05) is 0 Å². The molecule has 0 spiro atoms. The molecule has 10 nitrogen and oxygen atoms in total. The number of rotatable bonds is 5. The summed E-state index contributed by atoms with van der Waals surface area (Å²) in [5, 5.41) is 38.6. The van der Waals surface area contributed by atoms with Gasteiger partial charge >= 0.3 is 0 Å². The highest BCUT2D eigenvalue weighted by molar-refractivity contribution is 5.82. The number of carboxylic acids is 3. The van der Waals surface area contributed by atoms with Crippen molar-refractivity contribution in [3.63, 3.8) is 0 Å². The molecule has 2 unspecified atom stereocenters. The number of aliphatic hydroxyl groups is 1. The molecule has 13 N–H and O–H groups in total. The van der Waals surface area contributed by atoms with Crippen LogP contribution in [-0.4, -0.2) is 29.1 Å². The lowest BCUT2D eigenvalue weighted by Gasteiger charge is -2.24. The van der Waals surface area contributed by atoms with E-state index in [9.17, 15) is 29.7 Å². The van der Waals surface area contributed by atoms with Gasteiger partial charge in [0.15, 0.2) is 0 Å². The largest absolute Gasteiger partial charge is 0.550 e. The van der Waals surface area contributed by atoms with Gasteiger partial charge in [-0.2, -0.15) is 0 Å². The number of aliphatic hydroxyl groups excluding tert-OH is 1. The molecule has 10 heteroatoms. The van der Waals surface area contributed by atoms with Crippen molar-refractivity contribution in [2.24, 2.45) is 5.92 Å². The van der Waals surface area contributed by atoms with Crippen molar-refractivity contribution in [2.45, 2.75) is 12.5 Å². The standard InChI is InChI=1S/C6H8O7.3H3N/c7-3(8)1-2(5(10)11)4(9)6(12)13;;;/h2,4,9H,1H2,(H,7,8)(H,10,11)(H,12,13);3*1H3. The van der Waals surface area contributed by atoms with E-state index in [1.54, 1.807) is 0 Å². The SMILES string of the molecule is O=C([O-])CC(C(=O)[O-])C(O)C(=O)[O-].[NH4+].[NH4+].[NH4+]. The molecule has 0 aliphatic rings. The maximum Gasteiger partial charge on any atom is 0.102 e. The summed E-state index contributed by atoms with van der Waals surface area (Å²) < 4.78 is 0. The van der Waals surface area contributed by atoms with E-state index in [4.69, 9.17) is 5.11 Å². The first-order valence-corrected chi connectivity index (χ1v) is 3.16. The van der Waals surface area contributed by atoms with Crippen molar-refractivity contribution in [3.05, 3.63) is 0 Å². The summed E-state index contributed by atoms with van der Waals surface area (Å²) in [6.07, 6.45) is -3.56. The molecule has 0 aliphatic carbocycles. The number of hydrogen-bond donors (Lipinski definition) is 4. The lowest BCUT2D eigenvalue weighted by atomic mass is 9.99. The number of carboxylic acid groups (broad SMARTS) is 3. The number of aliphatic carboxylic acids is 3. The Balaban J connectivity index is -0.000000240. The van der Waals surface area contributed by atoms with Gasteiger partial charge in [0.25, 0.3) is 0 Å². The van der Waals surface area contributed by atoms with Gasteiger partial charge < -0.3 is 53.3 Å². The predicted octanol–water partition coefficient (Wildman–Crippen LogP) is -4.27. The smallest absolute Gasteiger partial charge is 0.102 e. The van der Waals surface area contributed by atoms with Gasteiger partial charge in [0.1, 0.15) is 6.10 Å². The van der Waals surface area contributed by atoms with Gasteiger partial charge in [-0.05, 0) is 6.42 Å². The topological polar surface area (TPSA) is 250 Å². The van der Waals surface area contributed by atoms with Crippen molar-refractivity contribution in [3.8, 4) is 0 Å². The van der Waals surface area contributed by atoms with E-state index >= 15 is 0 Å². The van der Waals surface area contributed by atoms with Crippen LogP contribution in [0.15, 0.2) is 0 Å². The fourth-order valence-electron chi connectivity index (χ4n) is 0.668. The Kier molecular flexibility index (Phi) is 14.6. The Labute approximate surface area is 90.6 Å². The summed E-state index contributed by atoms with van der Waals surface area (Å²) in [6.45, 7) is 0. The molecule has 98 valence electrons. The first-order chi connectivity index (χ1) is 5.86. The van der Waals surface area contributed by atoms with Crippen LogP contribution >= 0.6 is 0 Å². The molecule has 16 heavy (non-hydrogen) atoms. The van der Waals surface area contributed by atoms with Crippen molar-refractivity contribution in [1.82, 2.24) is 18.5 Å². The highest BCUT2D eigenvalue weighted by Gasteiger charge is 2.21. The van der Waals surface area contributed by atoms with Gasteiger partial charge in [0.2, 0.25) is 0 Å². The Morgan fingerprint density at radius 3 is 1.50 bits per heavy atom. The fourth-order valence-corrected chi connectivity index (χ4v) is 0.668. The quantitative estimate of drug-likeness (QED) is 0.369. The third kappa shape index (κ3) is 7.64. The Morgan fingerprint density at radius 2 is 1.31 bits per heavy atom. The Bertz CT molecular complexity index is 244. The molecule has 0 aromatic heterocycles. The highest BCUT2D eigenvalue weighted by Crippen LogP contribution is 2.06. The number of carbonyl (C=O) groups is 3. The zero-order valence-corrected chi connectivity index (χ0v) is 9.26. The van der Waals surface area contributed by atoms with E-state index < -0.39 is 36.4 Å².